The number of nitrogens with one attached hydrogen (secondary N) is 2. The lowest BCUT2D eigenvalue weighted by atomic mass is 9.92. The molecule has 2 N–H and O–H groups in total. The minimum Gasteiger partial charge on any atom is -0.362 e. The third-order valence-corrected chi connectivity index (χ3v) is 5.02. The van der Waals surface area contributed by atoms with E-state index in [0.29, 0.717) is 15.7 Å². The van der Waals surface area contributed by atoms with Gasteiger partial charge in [0.2, 0.25) is 0 Å². The Morgan fingerprint density at radius 2 is 2.12 bits per heavy atom. The van der Waals surface area contributed by atoms with E-state index < -0.39 is 6.09 Å². The Kier molecular flexibility index (Phi) is 5.35. The second-order valence-electron chi connectivity index (χ2n) is 5.96. The monoisotopic (exact) mass is 379 g/mol. The fourth-order valence-electron chi connectivity index (χ4n) is 3.17. The van der Waals surface area contributed by atoms with E-state index in [-0.39, 0.29) is 0 Å². The van der Waals surface area contributed by atoms with Crippen LogP contribution in [-0.2, 0) is 17.7 Å². The summed E-state index contributed by atoms with van der Waals surface area (Å²) in [5.41, 5.74) is 5.98. The number of rotatable bonds is 3. The lowest BCUT2D eigenvalue weighted by molar-refractivity contribution is 0.166. The molecule has 0 saturated heterocycles. The second-order valence-corrected chi connectivity index (χ2v) is 6.77. The molecule has 1 aliphatic carbocycles. The van der Waals surface area contributed by atoms with Crippen LogP contribution in [0.4, 0.5) is 10.5 Å². The molecule has 132 valence electrons. The number of anilines is 1. The summed E-state index contributed by atoms with van der Waals surface area (Å²) in [6.45, 7) is 4.17. The van der Waals surface area contributed by atoms with Crippen LogP contribution >= 0.6 is 23.2 Å². The Hall–Kier alpha value is -1.98. The van der Waals surface area contributed by atoms with Crippen molar-refractivity contribution in [3.05, 3.63) is 50.8 Å². The summed E-state index contributed by atoms with van der Waals surface area (Å²) < 4.78 is 0. The molecule has 0 unspecified atom stereocenters. The van der Waals surface area contributed by atoms with E-state index in [1.165, 1.54) is 11.3 Å². The number of carbonyl (C=O) groups excluding carboxylic acids is 1. The van der Waals surface area contributed by atoms with Crippen molar-refractivity contribution in [1.82, 2.24) is 4.98 Å². The van der Waals surface area contributed by atoms with Gasteiger partial charge in [0, 0.05) is 22.6 Å². The van der Waals surface area contributed by atoms with Crippen LogP contribution in [-0.4, -0.2) is 16.8 Å². The van der Waals surface area contributed by atoms with Gasteiger partial charge in [-0.25, -0.2) is 4.79 Å². The summed E-state index contributed by atoms with van der Waals surface area (Å²) in [7, 11) is 0. The average Bonchev–Trinajstić information content (AvgIpc) is 2.92. The molecule has 1 amide bonds. The molecule has 0 saturated carbocycles. The molecule has 0 fully saturated rings. The van der Waals surface area contributed by atoms with Crippen LogP contribution in [0.5, 0.6) is 0 Å². The number of nitrogens with zero attached hydrogens (tertiary/aromatic N) is 1. The van der Waals surface area contributed by atoms with E-state index in [2.05, 4.69) is 29.3 Å². The average molecular weight is 380 g/mol. The molecular weight excluding hydrogens is 361 g/mol. The van der Waals surface area contributed by atoms with Gasteiger partial charge >= 0.3 is 6.09 Å². The van der Waals surface area contributed by atoms with E-state index in [1.807, 2.05) is 0 Å². The summed E-state index contributed by atoms with van der Waals surface area (Å²) >= 11 is 11.8. The number of halogens is 2. The van der Waals surface area contributed by atoms with Crippen molar-refractivity contribution in [1.29, 1.82) is 0 Å². The first-order valence-electron chi connectivity index (χ1n) is 8.20. The molecule has 0 aliphatic heterocycles. The minimum atomic E-state index is -0.664. The lowest BCUT2D eigenvalue weighted by Gasteiger charge is -2.15. The van der Waals surface area contributed by atoms with E-state index in [4.69, 9.17) is 28.0 Å². The molecule has 1 aromatic heterocycles. The van der Waals surface area contributed by atoms with E-state index in [9.17, 15) is 4.79 Å². The fraction of sp³-hybridized carbons (Fsp3) is 0.333. The highest BCUT2D eigenvalue weighted by Crippen LogP contribution is 2.28. The number of oxime groups is 1. The minimum absolute atomic E-state index is 0.359. The zero-order valence-electron chi connectivity index (χ0n) is 14.1. The van der Waals surface area contributed by atoms with Gasteiger partial charge in [0.05, 0.1) is 15.8 Å². The second kappa shape index (κ2) is 7.50. The van der Waals surface area contributed by atoms with Gasteiger partial charge in [-0.1, -0.05) is 35.3 Å². The standard InChI is InChI=1S/C18H19Cl2N3O2/c1-3-12-10(2)21-15-5-4-6-16(17(12)15)23-25-18(24)22-11-7-8-13(19)14(20)9-11/h7-9,21H,3-6H2,1-2H3,(H,22,24). The Labute approximate surface area is 156 Å². The Morgan fingerprint density at radius 1 is 1.32 bits per heavy atom. The zero-order chi connectivity index (χ0) is 18.0. The summed E-state index contributed by atoms with van der Waals surface area (Å²) in [5, 5.41) is 7.48. The molecule has 3 rings (SSSR count). The van der Waals surface area contributed by atoms with Crippen LogP contribution in [0.25, 0.3) is 0 Å². The third-order valence-electron chi connectivity index (χ3n) is 4.28. The lowest BCUT2D eigenvalue weighted by Crippen LogP contribution is -2.16. The van der Waals surface area contributed by atoms with Gasteiger partial charge < -0.3 is 4.98 Å². The molecule has 1 heterocycles. The molecule has 0 atom stereocenters. The highest BCUT2D eigenvalue weighted by Gasteiger charge is 2.23. The van der Waals surface area contributed by atoms with Crippen molar-refractivity contribution >= 4 is 40.7 Å². The van der Waals surface area contributed by atoms with E-state index in [1.54, 1.807) is 18.2 Å². The molecule has 25 heavy (non-hydrogen) atoms. The van der Waals surface area contributed by atoms with Crippen molar-refractivity contribution in [2.45, 2.75) is 39.5 Å². The molecule has 5 nitrogen and oxygen atoms in total. The summed E-state index contributed by atoms with van der Waals surface area (Å²) in [6, 6.07) is 4.81. The smallest absolute Gasteiger partial charge is 0.362 e. The van der Waals surface area contributed by atoms with Gasteiger partial charge in [0.25, 0.3) is 0 Å². The number of aromatic amines is 1. The topological polar surface area (TPSA) is 66.5 Å². The van der Waals surface area contributed by atoms with Crippen molar-refractivity contribution < 1.29 is 9.63 Å². The zero-order valence-corrected chi connectivity index (χ0v) is 15.6. The molecule has 2 aromatic rings. The predicted molar refractivity (Wildman–Crippen MR) is 101 cm³/mol. The Bertz CT molecular complexity index is 843. The molecule has 0 spiro atoms. The molecule has 1 aliphatic rings. The first-order chi connectivity index (χ1) is 12.0. The van der Waals surface area contributed by atoms with Gasteiger partial charge in [-0.2, -0.15) is 0 Å². The predicted octanol–water partition coefficient (Wildman–Crippen LogP) is 5.48. The van der Waals surface area contributed by atoms with Crippen LogP contribution in [0.3, 0.4) is 0 Å². The van der Waals surface area contributed by atoms with Crippen LogP contribution in [0, 0.1) is 6.92 Å². The van der Waals surface area contributed by atoms with Crippen LogP contribution < -0.4 is 5.32 Å². The number of carbonyl (C=O) groups is 1. The van der Waals surface area contributed by atoms with Gasteiger partial charge in [0.15, 0.2) is 0 Å². The number of aromatic nitrogens is 1. The number of H-pyrrole nitrogens is 1. The maximum atomic E-state index is 12.0. The maximum Gasteiger partial charge on any atom is 0.437 e. The first kappa shape index (κ1) is 17.8. The number of aryl methyl sites for hydroxylation is 2. The molecule has 0 bridgehead atoms. The molecule has 1 aromatic carbocycles. The van der Waals surface area contributed by atoms with Crippen LogP contribution in [0.2, 0.25) is 10.0 Å². The van der Waals surface area contributed by atoms with Crippen LogP contribution in [0.15, 0.2) is 23.4 Å². The number of benzene rings is 1. The van der Waals surface area contributed by atoms with Crippen molar-refractivity contribution in [3.8, 4) is 0 Å². The largest absolute Gasteiger partial charge is 0.437 e. The summed E-state index contributed by atoms with van der Waals surface area (Å²) in [5.74, 6) is 0. The molecular formula is C18H19Cl2N3O2. The normalized spacial score (nSPS) is 15.1. The van der Waals surface area contributed by atoms with Crippen molar-refractivity contribution in [3.63, 3.8) is 0 Å². The summed E-state index contributed by atoms with van der Waals surface area (Å²) in [6.07, 6.45) is 3.00. The number of amides is 1. The third kappa shape index (κ3) is 3.83. The number of fused-ring (bicyclic) bond motifs is 1. The first-order valence-corrected chi connectivity index (χ1v) is 8.95. The highest BCUT2D eigenvalue weighted by atomic mass is 35.5. The molecule has 0 radical (unpaired) electrons. The fourth-order valence-corrected chi connectivity index (χ4v) is 3.47. The van der Waals surface area contributed by atoms with Gasteiger partial charge in [-0.15, -0.1) is 0 Å². The number of hydrogen-bond donors (Lipinski definition) is 2. The quantitative estimate of drug-likeness (QED) is 0.547. The van der Waals surface area contributed by atoms with Crippen LogP contribution in [0.1, 0.15) is 42.3 Å². The maximum absolute atomic E-state index is 12.0. The SMILES string of the molecule is CCc1c(C)[nH]c2c1C(=NOC(=O)Nc1ccc(Cl)c(Cl)c1)CCC2. The van der Waals surface area contributed by atoms with Gasteiger partial charge in [-0.3, -0.25) is 10.2 Å². The Balaban J connectivity index is 1.74. The van der Waals surface area contributed by atoms with Gasteiger partial charge in [-0.05, 0) is 56.4 Å². The number of hydrogen-bond acceptors (Lipinski definition) is 3. The van der Waals surface area contributed by atoms with Gasteiger partial charge in [0.1, 0.15) is 0 Å². The van der Waals surface area contributed by atoms with Crippen molar-refractivity contribution in [2.24, 2.45) is 5.16 Å². The van der Waals surface area contributed by atoms with E-state index in [0.717, 1.165) is 42.7 Å². The van der Waals surface area contributed by atoms with Crippen molar-refractivity contribution in [2.75, 3.05) is 5.32 Å². The molecule has 7 heteroatoms. The summed E-state index contributed by atoms with van der Waals surface area (Å²) in [4.78, 5) is 20.5. The Morgan fingerprint density at radius 3 is 2.84 bits per heavy atom. The highest BCUT2D eigenvalue weighted by molar-refractivity contribution is 6.42. The van der Waals surface area contributed by atoms with E-state index >= 15 is 0 Å².